The average molecular weight is 351 g/mol. The van der Waals surface area contributed by atoms with Crippen LogP contribution in [0, 0.1) is 11.8 Å². The molecule has 1 aliphatic rings. The molecule has 1 heterocycles. The van der Waals surface area contributed by atoms with Crippen molar-refractivity contribution in [2.75, 3.05) is 13.1 Å². The molecular formula is C12H19BrN2O3S. The lowest BCUT2D eigenvalue weighted by molar-refractivity contribution is 0.464. The van der Waals surface area contributed by atoms with Gasteiger partial charge in [0.05, 0.1) is 6.54 Å². The second kappa shape index (κ2) is 5.95. The Morgan fingerprint density at radius 3 is 2.79 bits per heavy atom. The summed E-state index contributed by atoms with van der Waals surface area (Å²) in [6.45, 7) is 5.93. The van der Waals surface area contributed by atoms with E-state index in [1.165, 1.54) is 0 Å². The van der Waals surface area contributed by atoms with Gasteiger partial charge in [-0.15, -0.1) is 0 Å². The Kier molecular flexibility index (Phi) is 4.70. The molecule has 0 radical (unpaired) electrons. The Labute approximate surface area is 122 Å². The fourth-order valence-corrected chi connectivity index (χ4v) is 3.98. The summed E-state index contributed by atoms with van der Waals surface area (Å²) in [5, 5.41) is 3.09. The first-order valence-electron chi connectivity index (χ1n) is 6.42. The quantitative estimate of drug-likeness (QED) is 0.789. The number of hydrogen-bond acceptors (Lipinski definition) is 4. The second-order valence-corrected chi connectivity index (χ2v) is 7.41. The van der Waals surface area contributed by atoms with E-state index in [1.54, 1.807) is 6.07 Å². The van der Waals surface area contributed by atoms with Gasteiger partial charge in [-0.25, -0.2) is 13.1 Å². The lowest BCUT2D eigenvalue weighted by Crippen LogP contribution is -2.26. The molecule has 19 heavy (non-hydrogen) atoms. The van der Waals surface area contributed by atoms with Crippen LogP contribution in [0.2, 0.25) is 0 Å². The molecule has 1 aromatic heterocycles. The topological polar surface area (TPSA) is 71.3 Å². The molecule has 0 bridgehead atoms. The summed E-state index contributed by atoms with van der Waals surface area (Å²) in [7, 11) is -3.49. The van der Waals surface area contributed by atoms with E-state index in [0.29, 0.717) is 30.7 Å². The molecular weight excluding hydrogens is 332 g/mol. The summed E-state index contributed by atoms with van der Waals surface area (Å²) in [4.78, 5) is 0.175. The van der Waals surface area contributed by atoms with Crippen molar-refractivity contribution in [1.82, 2.24) is 10.0 Å². The monoisotopic (exact) mass is 350 g/mol. The average Bonchev–Trinajstić information content (AvgIpc) is 2.92. The van der Waals surface area contributed by atoms with Gasteiger partial charge in [-0.2, -0.15) is 0 Å². The highest BCUT2D eigenvalue weighted by atomic mass is 79.9. The van der Waals surface area contributed by atoms with Crippen molar-refractivity contribution in [3.8, 4) is 0 Å². The minimum Gasteiger partial charge on any atom is -0.452 e. The molecule has 0 saturated heterocycles. The molecule has 2 rings (SSSR count). The highest BCUT2D eigenvalue weighted by Gasteiger charge is 2.34. The molecule has 1 fully saturated rings. The Hall–Kier alpha value is -0.370. The van der Waals surface area contributed by atoms with Crippen LogP contribution in [0.25, 0.3) is 0 Å². The molecule has 2 unspecified atom stereocenters. The van der Waals surface area contributed by atoms with Crippen LogP contribution < -0.4 is 10.0 Å². The van der Waals surface area contributed by atoms with Crippen molar-refractivity contribution in [2.24, 2.45) is 11.8 Å². The SMILES string of the molecule is CCNCc1cc(S(=O)(=O)NCC2CC2C)c(Br)o1. The second-order valence-electron chi connectivity index (χ2n) is 4.96. The van der Waals surface area contributed by atoms with Crippen LogP contribution in [-0.4, -0.2) is 21.5 Å². The van der Waals surface area contributed by atoms with E-state index in [0.717, 1.165) is 13.0 Å². The van der Waals surface area contributed by atoms with Gasteiger partial charge in [0.1, 0.15) is 10.7 Å². The van der Waals surface area contributed by atoms with E-state index in [2.05, 4.69) is 32.9 Å². The molecule has 2 atom stereocenters. The van der Waals surface area contributed by atoms with Crippen LogP contribution in [-0.2, 0) is 16.6 Å². The van der Waals surface area contributed by atoms with Crippen LogP contribution in [0.4, 0.5) is 0 Å². The fourth-order valence-electron chi connectivity index (χ4n) is 1.89. The third-order valence-electron chi connectivity index (χ3n) is 3.36. The van der Waals surface area contributed by atoms with Crippen LogP contribution >= 0.6 is 15.9 Å². The van der Waals surface area contributed by atoms with Gasteiger partial charge in [-0.1, -0.05) is 13.8 Å². The summed E-state index contributed by atoms with van der Waals surface area (Å²) in [6.07, 6.45) is 1.10. The molecule has 1 aromatic rings. The summed E-state index contributed by atoms with van der Waals surface area (Å²) in [6, 6.07) is 1.56. The minimum absolute atomic E-state index is 0.175. The summed E-state index contributed by atoms with van der Waals surface area (Å²) in [5.74, 6) is 1.70. The number of sulfonamides is 1. The Morgan fingerprint density at radius 2 is 2.21 bits per heavy atom. The molecule has 2 N–H and O–H groups in total. The van der Waals surface area contributed by atoms with Crippen LogP contribution in [0.3, 0.4) is 0 Å². The third kappa shape index (κ3) is 3.81. The van der Waals surface area contributed by atoms with Crippen molar-refractivity contribution in [2.45, 2.75) is 31.7 Å². The number of halogens is 1. The number of rotatable bonds is 7. The normalized spacial score (nSPS) is 22.7. The van der Waals surface area contributed by atoms with E-state index in [4.69, 9.17) is 4.42 Å². The van der Waals surface area contributed by atoms with E-state index < -0.39 is 10.0 Å². The highest BCUT2D eigenvalue weighted by molar-refractivity contribution is 9.10. The summed E-state index contributed by atoms with van der Waals surface area (Å²) < 4.78 is 32.6. The molecule has 0 aromatic carbocycles. The molecule has 0 amide bonds. The predicted molar refractivity (Wildman–Crippen MR) is 76.2 cm³/mol. The molecule has 1 saturated carbocycles. The van der Waals surface area contributed by atoms with Crippen LogP contribution in [0.1, 0.15) is 26.0 Å². The van der Waals surface area contributed by atoms with Gasteiger partial charge in [0.15, 0.2) is 4.67 Å². The van der Waals surface area contributed by atoms with Crippen LogP contribution in [0.15, 0.2) is 20.0 Å². The van der Waals surface area contributed by atoms with Gasteiger partial charge in [0.25, 0.3) is 0 Å². The van der Waals surface area contributed by atoms with E-state index >= 15 is 0 Å². The van der Waals surface area contributed by atoms with Crippen molar-refractivity contribution < 1.29 is 12.8 Å². The smallest absolute Gasteiger partial charge is 0.244 e. The molecule has 7 heteroatoms. The molecule has 5 nitrogen and oxygen atoms in total. The van der Waals surface area contributed by atoms with Crippen LogP contribution in [0.5, 0.6) is 0 Å². The predicted octanol–water partition coefficient (Wildman–Crippen LogP) is 2.09. The lowest BCUT2D eigenvalue weighted by Gasteiger charge is -2.03. The first kappa shape index (κ1) is 15.0. The Morgan fingerprint density at radius 1 is 1.53 bits per heavy atom. The maximum atomic E-state index is 12.2. The highest BCUT2D eigenvalue weighted by Crippen LogP contribution is 2.37. The van der Waals surface area contributed by atoms with Crippen molar-refractivity contribution >= 4 is 26.0 Å². The maximum Gasteiger partial charge on any atom is 0.244 e. The fraction of sp³-hybridized carbons (Fsp3) is 0.667. The minimum atomic E-state index is -3.49. The lowest BCUT2D eigenvalue weighted by atomic mass is 10.3. The number of hydrogen-bond donors (Lipinski definition) is 2. The van der Waals surface area contributed by atoms with E-state index in [1.807, 2.05) is 6.92 Å². The Bertz CT molecular complexity index is 541. The maximum absolute atomic E-state index is 12.2. The first-order valence-corrected chi connectivity index (χ1v) is 8.70. The Balaban J connectivity index is 2.04. The van der Waals surface area contributed by atoms with Crippen molar-refractivity contribution in [3.63, 3.8) is 0 Å². The van der Waals surface area contributed by atoms with Gasteiger partial charge in [-0.05, 0) is 40.7 Å². The van der Waals surface area contributed by atoms with Gasteiger partial charge >= 0.3 is 0 Å². The van der Waals surface area contributed by atoms with E-state index in [-0.39, 0.29) is 9.56 Å². The van der Waals surface area contributed by atoms with Gasteiger partial charge < -0.3 is 9.73 Å². The van der Waals surface area contributed by atoms with Gasteiger partial charge in [0.2, 0.25) is 10.0 Å². The molecule has 1 aliphatic carbocycles. The van der Waals surface area contributed by atoms with Gasteiger partial charge in [0, 0.05) is 12.6 Å². The zero-order valence-electron chi connectivity index (χ0n) is 11.1. The zero-order chi connectivity index (χ0) is 14.0. The van der Waals surface area contributed by atoms with Crippen molar-refractivity contribution in [1.29, 1.82) is 0 Å². The largest absolute Gasteiger partial charge is 0.452 e. The molecule has 108 valence electrons. The van der Waals surface area contributed by atoms with E-state index in [9.17, 15) is 8.42 Å². The standard InChI is InChI=1S/C12H19BrN2O3S/c1-3-14-7-10-5-11(12(13)18-10)19(16,17)15-6-9-4-8(9)2/h5,8-9,14-15H,3-4,6-7H2,1-2H3. The summed E-state index contributed by atoms with van der Waals surface area (Å²) in [5.41, 5.74) is 0. The molecule has 0 spiro atoms. The van der Waals surface area contributed by atoms with Crippen molar-refractivity contribution in [3.05, 3.63) is 16.5 Å². The zero-order valence-corrected chi connectivity index (χ0v) is 13.5. The summed E-state index contributed by atoms with van der Waals surface area (Å²) >= 11 is 3.17. The number of nitrogens with one attached hydrogen (secondary N) is 2. The first-order chi connectivity index (χ1) is 8.94. The molecule has 0 aliphatic heterocycles. The van der Waals surface area contributed by atoms with Gasteiger partial charge in [-0.3, -0.25) is 0 Å². The number of furan rings is 1. The third-order valence-corrected chi connectivity index (χ3v) is 5.64.